The van der Waals surface area contributed by atoms with Crippen LogP contribution in [-0.2, 0) is 4.79 Å². The maximum atomic E-state index is 12.5. The number of nitrogens with zero attached hydrogens (tertiary/aromatic N) is 2. The number of nitrogens with one attached hydrogen (secondary N) is 1. The molecule has 1 saturated heterocycles. The van der Waals surface area contributed by atoms with Crippen LogP contribution in [0.15, 0.2) is 12.3 Å². The molecule has 2 heterocycles. The van der Waals surface area contributed by atoms with Crippen LogP contribution in [0.2, 0.25) is 10.2 Å². The average molecular weight is 316 g/mol. The number of amides is 2. The number of rotatable bonds is 2. The molecule has 7 heteroatoms. The van der Waals surface area contributed by atoms with Gasteiger partial charge in [0.2, 0.25) is 5.91 Å². The van der Waals surface area contributed by atoms with Crippen LogP contribution in [-0.4, -0.2) is 41.3 Å². The van der Waals surface area contributed by atoms with Crippen LogP contribution in [0.1, 0.15) is 29.6 Å². The Labute approximate surface area is 127 Å². The summed E-state index contributed by atoms with van der Waals surface area (Å²) in [5.41, 5.74) is 0.343. The average Bonchev–Trinajstić information content (AvgIpc) is 2.48. The summed E-state index contributed by atoms with van der Waals surface area (Å²) in [5, 5.41) is 2.98. The molecule has 2 amide bonds. The molecule has 1 atom stereocenters. The molecule has 108 valence electrons. The van der Waals surface area contributed by atoms with Gasteiger partial charge in [0.05, 0.1) is 10.6 Å². The first-order chi connectivity index (χ1) is 9.54. The number of aromatic nitrogens is 1. The Morgan fingerprint density at radius 2 is 2.15 bits per heavy atom. The summed E-state index contributed by atoms with van der Waals surface area (Å²) in [5.74, 6) is -0.393. The predicted octanol–water partition coefficient (Wildman–Crippen LogP) is 2.13. The summed E-state index contributed by atoms with van der Waals surface area (Å²) in [6.07, 6.45) is 3.86. The van der Waals surface area contributed by atoms with E-state index < -0.39 is 6.04 Å². The van der Waals surface area contributed by atoms with E-state index in [2.05, 4.69) is 10.3 Å². The molecule has 0 bridgehead atoms. The molecule has 1 unspecified atom stereocenters. The highest BCUT2D eigenvalue weighted by Gasteiger charge is 2.32. The van der Waals surface area contributed by atoms with Crippen molar-refractivity contribution in [1.82, 2.24) is 15.2 Å². The Bertz CT molecular complexity index is 536. The Hall–Kier alpha value is -1.33. The highest BCUT2D eigenvalue weighted by atomic mass is 35.5. The van der Waals surface area contributed by atoms with Gasteiger partial charge in [-0.05, 0) is 25.3 Å². The van der Waals surface area contributed by atoms with Crippen molar-refractivity contribution in [2.75, 3.05) is 13.6 Å². The third-order valence-electron chi connectivity index (χ3n) is 3.36. The van der Waals surface area contributed by atoms with Crippen LogP contribution >= 0.6 is 23.2 Å². The fourth-order valence-electron chi connectivity index (χ4n) is 2.32. The number of carbonyl (C=O) groups is 2. The first-order valence-corrected chi connectivity index (χ1v) is 7.13. The zero-order valence-corrected chi connectivity index (χ0v) is 12.5. The highest BCUT2D eigenvalue weighted by molar-refractivity contribution is 6.41. The van der Waals surface area contributed by atoms with Crippen LogP contribution in [0.3, 0.4) is 0 Å². The first-order valence-electron chi connectivity index (χ1n) is 6.38. The lowest BCUT2D eigenvalue weighted by molar-refractivity contribution is -0.126. The van der Waals surface area contributed by atoms with Gasteiger partial charge in [0, 0.05) is 19.8 Å². The number of hydrogen-bond acceptors (Lipinski definition) is 3. The molecule has 0 saturated carbocycles. The lowest BCUT2D eigenvalue weighted by atomic mass is 10.0. The van der Waals surface area contributed by atoms with E-state index in [0.717, 1.165) is 12.8 Å². The third-order valence-corrected chi connectivity index (χ3v) is 4.04. The van der Waals surface area contributed by atoms with E-state index in [4.69, 9.17) is 23.2 Å². The molecular weight excluding hydrogens is 301 g/mol. The monoisotopic (exact) mass is 315 g/mol. The van der Waals surface area contributed by atoms with Crippen molar-refractivity contribution in [1.29, 1.82) is 0 Å². The molecule has 20 heavy (non-hydrogen) atoms. The second kappa shape index (κ2) is 6.41. The molecule has 0 spiro atoms. The van der Waals surface area contributed by atoms with Gasteiger partial charge in [-0.3, -0.25) is 9.59 Å². The SMILES string of the molecule is CNC(=O)C1CCCCN1C(=O)c1cnc(Cl)c(Cl)c1. The van der Waals surface area contributed by atoms with Crippen LogP contribution in [0, 0.1) is 0 Å². The molecule has 1 aliphatic heterocycles. The minimum absolute atomic E-state index is 0.147. The highest BCUT2D eigenvalue weighted by Crippen LogP contribution is 2.23. The van der Waals surface area contributed by atoms with E-state index in [0.29, 0.717) is 18.5 Å². The van der Waals surface area contributed by atoms with E-state index in [9.17, 15) is 9.59 Å². The number of halogens is 2. The van der Waals surface area contributed by atoms with Gasteiger partial charge in [0.25, 0.3) is 5.91 Å². The van der Waals surface area contributed by atoms with Gasteiger partial charge >= 0.3 is 0 Å². The van der Waals surface area contributed by atoms with Gasteiger partial charge in [-0.25, -0.2) is 4.98 Å². The second-order valence-corrected chi connectivity index (χ2v) is 5.39. The fourth-order valence-corrected chi connectivity index (χ4v) is 2.59. The van der Waals surface area contributed by atoms with Gasteiger partial charge in [-0.2, -0.15) is 0 Å². The lowest BCUT2D eigenvalue weighted by Gasteiger charge is -2.34. The third kappa shape index (κ3) is 3.04. The first kappa shape index (κ1) is 15.1. The molecule has 1 N–H and O–H groups in total. The number of pyridine rings is 1. The van der Waals surface area contributed by atoms with Crippen molar-refractivity contribution in [3.05, 3.63) is 28.0 Å². The molecule has 1 aromatic heterocycles. The van der Waals surface area contributed by atoms with E-state index >= 15 is 0 Å². The Balaban J connectivity index is 2.25. The molecular formula is C13H15Cl2N3O2. The smallest absolute Gasteiger partial charge is 0.256 e. The maximum absolute atomic E-state index is 12.5. The van der Waals surface area contributed by atoms with Gasteiger partial charge < -0.3 is 10.2 Å². The summed E-state index contributed by atoms with van der Waals surface area (Å²) in [6, 6.07) is 1.05. The summed E-state index contributed by atoms with van der Waals surface area (Å²) < 4.78 is 0. The van der Waals surface area contributed by atoms with Crippen LogP contribution < -0.4 is 5.32 Å². The molecule has 1 aliphatic rings. The molecule has 0 radical (unpaired) electrons. The Kier molecular flexibility index (Phi) is 4.83. The summed E-state index contributed by atoms with van der Waals surface area (Å²) >= 11 is 11.6. The van der Waals surface area contributed by atoms with Crippen LogP contribution in [0.4, 0.5) is 0 Å². The van der Waals surface area contributed by atoms with E-state index in [-0.39, 0.29) is 22.0 Å². The van der Waals surface area contributed by atoms with Crippen molar-refractivity contribution in [2.24, 2.45) is 0 Å². The summed E-state index contributed by atoms with van der Waals surface area (Å²) in [4.78, 5) is 29.8. The molecule has 2 rings (SSSR count). The number of hydrogen-bond donors (Lipinski definition) is 1. The minimum atomic E-state index is -0.435. The van der Waals surface area contributed by atoms with Crippen molar-refractivity contribution in [2.45, 2.75) is 25.3 Å². The van der Waals surface area contributed by atoms with Crippen LogP contribution in [0.25, 0.3) is 0 Å². The van der Waals surface area contributed by atoms with Crippen molar-refractivity contribution in [3.63, 3.8) is 0 Å². The molecule has 0 aliphatic carbocycles. The van der Waals surface area contributed by atoms with Crippen LogP contribution in [0.5, 0.6) is 0 Å². The molecule has 1 fully saturated rings. The second-order valence-electron chi connectivity index (χ2n) is 4.62. The van der Waals surface area contributed by atoms with Crippen molar-refractivity contribution >= 4 is 35.0 Å². The summed E-state index contributed by atoms with van der Waals surface area (Å²) in [7, 11) is 1.57. The van der Waals surface area contributed by atoms with Gasteiger partial charge in [0.1, 0.15) is 11.2 Å². The topological polar surface area (TPSA) is 62.3 Å². The number of likely N-dealkylation sites (N-methyl/N-ethyl adjacent to an activating group) is 1. The van der Waals surface area contributed by atoms with Gasteiger partial charge in [-0.1, -0.05) is 23.2 Å². The van der Waals surface area contributed by atoms with Crippen molar-refractivity contribution < 1.29 is 9.59 Å². The predicted molar refractivity (Wildman–Crippen MR) is 77.0 cm³/mol. The molecule has 5 nitrogen and oxygen atoms in total. The normalized spacial score (nSPS) is 18.8. The maximum Gasteiger partial charge on any atom is 0.256 e. The molecule has 0 aromatic carbocycles. The molecule has 1 aromatic rings. The lowest BCUT2D eigenvalue weighted by Crippen LogP contribution is -2.51. The fraction of sp³-hybridized carbons (Fsp3) is 0.462. The number of carbonyl (C=O) groups excluding carboxylic acids is 2. The Morgan fingerprint density at radius 3 is 2.80 bits per heavy atom. The minimum Gasteiger partial charge on any atom is -0.357 e. The largest absolute Gasteiger partial charge is 0.357 e. The standard InChI is InChI=1S/C13H15Cl2N3O2/c1-16-12(19)10-4-2-3-5-18(10)13(20)8-6-9(14)11(15)17-7-8/h6-7,10H,2-5H2,1H3,(H,16,19). The summed E-state index contributed by atoms with van der Waals surface area (Å²) in [6.45, 7) is 0.553. The van der Waals surface area contributed by atoms with Gasteiger partial charge in [-0.15, -0.1) is 0 Å². The quantitative estimate of drug-likeness (QED) is 0.850. The number of likely N-dealkylation sites (tertiary alicyclic amines) is 1. The number of piperidine rings is 1. The van der Waals surface area contributed by atoms with Crippen molar-refractivity contribution in [3.8, 4) is 0 Å². The van der Waals surface area contributed by atoms with Gasteiger partial charge in [0.15, 0.2) is 0 Å². The Morgan fingerprint density at radius 1 is 1.40 bits per heavy atom. The van der Waals surface area contributed by atoms with E-state index in [1.54, 1.807) is 11.9 Å². The van der Waals surface area contributed by atoms with E-state index in [1.807, 2.05) is 0 Å². The zero-order valence-electron chi connectivity index (χ0n) is 11.0. The van der Waals surface area contributed by atoms with E-state index in [1.165, 1.54) is 12.3 Å². The zero-order chi connectivity index (χ0) is 14.7.